The second kappa shape index (κ2) is 6.00. The molecule has 110 valence electrons. The van der Waals surface area contributed by atoms with Gasteiger partial charge in [-0.3, -0.25) is 0 Å². The van der Waals surface area contributed by atoms with Crippen molar-refractivity contribution in [3.8, 4) is 5.75 Å². The van der Waals surface area contributed by atoms with Crippen molar-refractivity contribution in [1.29, 1.82) is 0 Å². The maximum atomic E-state index is 11.9. The minimum atomic E-state index is -1.14. The number of aromatic carboxylic acids is 1. The molecule has 0 unspecified atom stereocenters. The highest BCUT2D eigenvalue weighted by Gasteiger charge is 2.15. The smallest absolute Gasteiger partial charge is 0.354 e. The van der Waals surface area contributed by atoms with Gasteiger partial charge in [-0.25, -0.2) is 9.59 Å². The number of urea groups is 1. The zero-order valence-electron chi connectivity index (χ0n) is 11.6. The number of ether oxygens (including phenoxy) is 1. The van der Waals surface area contributed by atoms with Crippen molar-refractivity contribution in [3.05, 3.63) is 41.7 Å². The largest absolute Gasteiger partial charge is 0.497 e. The van der Waals surface area contributed by atoms with Crippen molar-refractivity contribution >= 4 is 23.4 Å². The second-order valence-electron chi connectivity index (χ2n) is 4.36. The van der Waals surface area contributed by atoms with E-state index in [-0.39, 0.29) is 11.4 Å². The molecule has 1 heterocycles. The van der Waals surface area contributed by atoms with Gasteiger partial charge in [0.05, 0.1) is 12.8 Å². The van der Waals surface area contributed by atoms with Crippen LogP contribution < -0.4 is 15.4 Å². The van der Waals surface area contributed by atoms with Gasteiger partial charge < -0.3 is 25.5 Å². The number of aromatic nitrogens is 1. The van der Waals surface area contributed by atoms with Crippen LogP contribution in [0.5, 0.6) is 5.75 Å². The van der Waals surface area contributed by atoms with Crippen LogP contribution in [0.4, 0.5) is 16.2 Å². The van der Waals surface area contributed by atoms with Crippen LogP contribution in [0.25, 0.3) is 0 Å². The van der Waals surface area contributed by atoms with Gasteiger partial charge in [-0.2, -0.15) is 0 Å². The summed E-state index contributed by atoms with van der Waals surface area (Å²) in [5.41, 5.74) is 1.33. The lowest BCUT2D eigenvalue weighted by molar-refractivity contribution is 0.0692. The number of aryl methyl sites for hydroxylation is 1. The predicted octanol–water partition coefficient (Wildman–Crippen LogP) is 2.67. The Morgan fingerprint density at radius 1 is 1.24 bits per heavy atom. The number of amides is 2. The van der Waals surface area contributed by atoms with Gasteiger partial charge in [0.15, 0.2) is 0 Å². The van der Waals surface area contributed by atoms with Crippen molar-refractivity contribution in [1.82, 2.24) is 4.98 Å². The molecule has 0 saturated carbocycles. The molecular formula is C14H15N3O4. The second-order valence-corrected chi connectivity index (χ2v) is 4.36. The molecule has 4 N–H and O–H groups in total. The van der Waals surface area contributed by atoms with E-state index < -0.39 is 12.0 Å². The third-order valence-corrected chi connectivity index (χ3v) is 2.74. The number of methoxy groups -OCH3 is 1. The summed E-state index contributed by atoms with van der Waals surface area (Å²) < 4.78 is 5.05. The number of carboxylic acids is 1. The number of anilines is 2. The van der Waals surface area contributed by atoms with Crippen molar-refractivity contribution in [3.63, 3.8) is 0 Å². The van der Waals surface area contributed by atoms with Gasteiger partial charge in [-0.05, 0) is 25.1 Å². The molecule has 1 aromatic heterocycles. The van der Waals surface area contributed by atoms with Gasteiger partial charge in [0.1, 0.15) is 11.4 Å². The summed E-state index contributed by atoms with van der Waals surface area (Å²) in [6.07, 6.45) is 0. The number of carboxylic acid groups (broad SMARTS) is 1. The highest BCUT2D eigenvalue weighted by Crippen LogP contribution is 2.19. The number of hydrogen-bond acceptors (Lipinski definition) is 3. The van der Waals surface area contributed by atoms with E-state index in [0.29, 0.717) is 17.1 Å². The maximum Gasteiger partial charge on any atom is 0.354 e. The Hall–Kier alpha value is -2.96. The molecule has 0 fully saturated rings. The summed E-state index contributed by atoms with van der Waals surface area (Å²) in [7, 11) is 1.53. The van der Waals surface area contributed by atoms with E-state index in [0.717, 1.165) is 0 Å². The number of nitrogens with one attached hydrogen (secondary N) is 3. The zero-order chi connectivity index (χ0) is 15.4. The lowest BCUT2D eigenvalue weighted by atomic mass is 10.3. The molecular weight excluding hydrogens is 274 g/mol. The summed E-state index contributed by atoms with van der Waals surface area (Å²) in [6, 6.07) is 7.85. The van der Waals surface area contributed by atoms with E-state index >= 15 is 0 Å². The van der Waals surface area contributed by atoms with E-state index in [1.165, 1.54) is 7.11 Å². The van der Waals surface area contributed by atoms with Crippen molar-refractivity contribution in [2.45, 2.75) is 6.92 Å². The van der Waals surface area contributed by atoms with Crippen LogP contribution in [-0.4, -0.2) is 29.2 Å². The fourth-order valence-corrected chi connectivity index (χ4v) is 1.84. The molecule has 0 bridgehead atoms. The van der Waals surface area contributed by atoms with Crippen LogP contribution in [0.3, 0.4) is 0 Å². The van der Waals surface area contributed by atoms with E-state index in [4.69, 9.17) is 9.84 Å². The lowest BCUT2D eigenvalue weighted by Crippen LogP contribution is -2.20. The molecule has 1 aromatic carbocycles. The Morgan fingerprint density at radius 3 is 2.67 bits per heavy atom. The number of aromatic amines is 1. The number of hydrogen-bond donors (Lipinski definition) is 4. The zero-order valence-corrected chi connectivity index (χ0v) is 11.6. The molecule has 7 nitrogen and oxygen atoms in total. The highest BCUT2D eigenvalue weighted by molar-refractivity contribution is 6.04. The van der Waals surface area contributed by atoms with E-state index in [2.05, 4.69) is 15.6 Å². The number of carbonyl (C=O) groups excluding carboxylic acids is 1. The van der Waals surface area contributed by atoms with Crippen molar-refractivity contribution < 1.29 is 19.4 Å². The van der Waals surface area contributed by atoms with Crippen LogP contribution in [0, 0.1) is 6.92 Å². The Balaban J connectivity index is 2.09. The van der Waals surface area contributed by atoms with Gasteiger partial charge >= 0.3 is 12.0 Å². The lowest BCUT2D eigenvalue weighted by Gasteiger charge is -2.08. The summed E-state index contributed by atoms with van der Waals surface area (Å²) in [5, 5.41) is 14.1. The third kappa shape index (κ3) is 3.53. The van der Waals surface area contributed by atoms with E-state index in [9.17, 15) is 9.59 Å². The summed E-state index contributed by atoms with van der Waals surface area (Å²) in [6.45, 7) is 1.71. The molecule has 2 amide bonds. The van der Waals surface area contributed by atoms with Crippen LogP contribution in [0.1, 0.15) is 16.2 Å². The molecule has 0 aliphatic heterocycles. The average molecular weight is 289 g/mol. The minimum Gasteiger partial charge on any atom is -0.497 e. The Bertz CT molecular complexity index is 679. The van der Waals surface area contributed by atoms with Crippen LogP contribution in [0.2, 0.25) is 0 Å². The van der Waals surface area contributed by atoms with Gasteiger partial charge in [0.25, 0.3) is 0 Å². The summed E-state index contributed by atoms with van der Waals surface area (Å²) in [4.78, 5) is 25.6. The SMILES string of the molecule is COc1cccc(NC(=O)Nc2cc(C)[nH]c2C(=O)O)c1. The Morgan fingerprint density at radius 2 is 2.00 bits per heavy atom. The number of rotatable bonds is 4. The van der Waals surface area contributed by atoms with Gasteiger partial charge in [-0.1, -0.05) is 6.07 Å². The molecule has 21 heavy (non-hydrogen) atoms. The maximum absolute atomic E-state index is 11.9. The highest BCUT2D eigenvalue weighted by atomic mass is 16.5. The molecule has 0 saturated heterocycles. The normalized spacial score (nSPS) is 10.0. The Kier molecular flexibility index (Phi) is 4.13. The quantitative estimate of drug-likeness (QED) is 0.694. The fraction of sp³-hybridized carbons (Fsp3) is 0.143. The first-order chi connectivity index (χ1) is 9.99. The topological polar surface area (TPSA) is 103 Å². The third-order valence-electron chi connectivity index (χ3n) is 2.74. The molecule has 0 spiro atoms. The van der Waals surface area contributed by atoms with Crippen molar-refractivity contribution in [2.24, 2.45) is 0 Å². The first-order valence-corrected chi connectivity index (χ1v) is 6.14. The molecule has 0 aliphatic rings. The van der Waals surface area contributed by atoms with E-state index in [1.807, 2.05) is 0 Å². The average Bonchev–Trinajstić information content (AvgIpc) is 2.79. The molecule has 0 aliphatic carbocycles. The monoisotopic (exact) mass is 289 g/mol. The molecule has 0 atom stereocenters. The molecule has 0 radical (unpaired) electrons. The van der Waals surface area contributed by atoms with Crippen LogP contribution in [-0.2, 0) is 0 Å². The number of benzene rings is 1. The molecule has 2 aromatic rings. The van der Waals surface area contributed by atoms with E-state index in [1.54, 1.807) is 37.3 Å². The predicted molar refractivity (Wildman–Crippen MR) is 78.1 cm³/mol. The van der Waals surface area contributed by atoms with Crippen molar-refractivity contribution in [2.75, 3.05) is 17.7 Å². The van der Waals surface area contributed by atoms with Gasteiger partial charge in [0, 0.05) is 17.4 Å². The van der Waals surface area contributed by atoms with Crippen LogP contribution in [0.15, 0.2) is 30.3 Å². The minimum absolute atomic E-state index is 0.0618. The van der Waals surface area contributed by atoms with Gasteiger partial charge in [-0.15, -0.1) is 0 Å². The number of H-pyrrole nitrogens is 1. The fourth-order valence-electron chi connectivity index (χ4n) is 1.84. The summed E-state index contributed by atoms with van der Waals surface area (Å²) >= 11 is 0. The summed E-state index contributed by atoms with van der Waals surface area (Å²) in [5.74, 6) is -0.531. The molecule has 2 rings (SSSR count). The van der Waals surface area contributed by atoms with Crippen LogP contribution >= 0.6 is 0 Å². The Labute approximate surface area is 120 Å². The molecule has 7 heteroatoms. The first-order valence-electron chi connectivity index (χ1n) is 6.14. The van der Waals surface area contributed by atoms with Gasteiger partial charge in [0.2, 0.25) is 0 Å². The first kappa shape index (κ1) is 14.4. The standard InChI is InChI=1S/C14H15N3O4/c1-8-6-11(12(15-8)13(18)19)17-14(20)16-9-4-3-5-10(7-9)21-2/h3-7,15H,1-2H3,(H,18,19)(H2,16,17,20). The number of carbonyl (C=O) groups is 2.